The van der Waals surface area contributed by atoms with E-state index in [1.165, 1.54) is 6.42 Å². The molecule has 2 fully saturated rings. The second-order valence-corrected chi connectivity index (χ2v) is 8.13. The topological polar surface area (TPSA) is 36.0 Å². The summed E-state index contributed by atoms with van der Waals surface area (Å²) in [7, 11) is 4.25. The molecule has 0 aromatic heterocycles. The number of hydrogen-bond donors (Lipinski definition) is 0. The number of likely N-dealkylation sites (tertiary alicyclic amines) is 1. The average molecular weight is 325 g/mol. The number of carbonyl (C=O) groups is 1. The Morgan fingerprint density at radius 3 is 2.39 bits per heavy atom. The number of rotatable bonds is 7. The fourth-order valence-electron chi connectivity index (χ4n) is 3.54. The lowest BCUT2D eigenvalue weighted by Gasteiger charge is -2.40. The molecule has 0 bridgehead atoms. The Labute approximate surface area is 141 Å². The summed E-state index contributed by atoms with van der Waals surface area (Å²) in [5.41, 5.74) is -0.216. The highest BCUT2D eigenvalue weighted by molar-refractivity contribution is 5.70. The van der Waals surface area contributed by atoms with Crippen LogP contribution in [0.2, 0.25) is 0 Å². The maximum atomic E-state index is 12.1. The Morgan fingerprint density at radius 1 is 1.17 bits per heavy atom. The summed E-state index contributed by atoms with van der Waals surface area (Å²) in [5.74, 6) is 0.624. The van der Waals surface area contributed by atoms with Gasteiger partial charge >= 0.3 is 6.09 Å². The number of amides is 1. The highest BCUT2D eigenvalue weighted by atomic mass is 16.6. The van der Waals surface area contributed by atoms with E-state index in [1.807, 2.05) is 4.90 Å². The van der Waals surface area contributed by atoms with Crippen LogP contribution in [0.15, 0.2) is 0 Å². The Morgan fingerprint density at radius 2 is 1.83 bits per heavy atom. The van der Waals surface area contributed by atoms with Gasteiger partial charge in [-0.2, -0.15) is 0 Å². The van der Waals surface area contributed by atoms with Crippen molar-refractivity contribution < 1.29 is 9.53 Å². The molecule has 1 atom stereocenters. The molecule has 134 valence electrons. The van der Waals surface area contributed by atoms with Gasteiger partial charge in [0.15, 0.2) is 0 Å². The van der Waals surface area contributed by atoms with Gasteiger partial charge in [-0.15, -0.1) is 0 Å². The second-order valence-electron chi connectivity index (χ2n) is 8.13. The van der Waals surface area contributed by atoms with Gasteiger partial charge in [-0.1, -0.05) is 13.8 Å². The molecule has 0 aromatic carbocycles. The number of carbonyl (C=O) groups excluding carboxylic acids is 1. The van der Waals surface area contributed by atoms with Crippen LogP contribution >= 0.6 is 0 Å². The molecule has 2 aliphatic rings. The number of ether oxygens (including phenoxy) is 1. The molecule has 1 spiro atoms. The molecule has 5 heteroatoms. The number of nitrogens with zero attached hydrogens (tertiary/aromatic N) is 3. The monoisotopic (exact) mass is 325 g/mol. The fraction of sp³-hybridized carbons (Fsp3) is 0.944. The largest absolute Gasteiger partial charge is 0.441 e. The fourth-order valence-corrected chi connectivity index (χ4v) is 3.54. The predicted octanol–water partition coefficient (Wildman–Crippen LogP) is 2.66. The third-order valence-electron chi connectivity index (χ3n) is 5.34. The van der Waals surface area contributed by atoms with Gasteiger partial charge in [-0.3, -0.25) is 0 Å². The van der Waals surface area contributed by atoms with Gasteiger partial charge in [0.2, 0.25) is 0 Å². The lowest BCUT2D eigenvalue weighted by atomic mass is 9.90. The smallest absolute Gasteiger partial charge is 0.410 e. The Kier molecular flexibility index (Phi) is 6.32. The Bertz CT molecular complexity index is 390. The number of piperidine rings is 1. The molecule has 1 amide bonds. The van der Waals surface area contributed by atoms with Crippen molar-refractivity contribution in [3.8, 4) is 0 Å². The van der Waals surface area contributed by atoms with Crippen LogP contribution in [0, 0.1) is 5.92 Å². The summed E-state index contributed by atoms with van der Waals surface area (Å²) < 4.78 is 5.81. The molecule has 5 nitrogen and oxygen atoms in total. The van der Waals surface area contributed by atoms with Crippen molar-refractivity contribution in [2.45, 2.75) is 58.1 Å². The first kappa shape index (κ1) is 18.5. The quantitative estimate of drug-likeness (QED) is 0.721. The molecule has 0 radical (unpaired) electrons. The molecule has 0 aliphatic carbocycles. The van der Waals surface area contributed by atoms with Crippen LogP contribution in [0.4, 0.5) is 4.79 Å². The van der Waals surface area contributed by atoms with E-state index in [0.717, 1.165) is 52.0 Å². The first-order valence-electron chi connectivity index (χ1n) is 9.18. The summed E-state index contributed by atoms with van der Waals surface area (Å²) in [6.45, 7) is 11.5. The van der Waals surface area contributed by atoms with Gasteiger partial charge < -0.3 is 19.4 Å². The van der Waals surface area contributed by atoms with Crippen LogP contribution in [0.25, 0.3) is 0 Å². The number of hydrogen-bond acceptors (Lipinski definition) is 4. The molecule has 2 heterocycles. The zero-order chi connectivity index (χ0) is 17.0. The first-order chi connectivity index (χ1) is 10.8. The zero-order valence-electron chi connectivity index (χ0n) is 15.7. The Hall–Kier alpha value is -0.810. The van der Waals surface area contributed by atoms with Crippen molar-refractivity contribution in [2.24, 2.45) is 5.92 Å². The normalized spacial score (nSPS) is 23.1. The highest BCUT2D eigenvalue weighted by Crippen LogP contribution is 2.34. The van der Waals surface area contributed by atoms with Gasteiger partial charge in [0, 0.05) is 38.5 Å². The van der Waals surface area contributed by atoms with Crippen LogP contribution in [-0.2, 0) is 4.74 Å². The van der Waals surface area contributed by atoms with E-state index in [9.17, 15) is 4.79 Å². The maximum absolute atomic E-state index is 12.1. The lowest BCUT2D eigenvalue weighted by Crippen LogP contribution is -2.49. The lowest BCUT2D eigenvalue weighted by molar-refractivity contribution is -0.00958. The van der Waals surface area contributed by atoms with Crippen LogP contribution in [0.1, 0.15) is 46.5 Å². The van der Waals surface area contributed by atoms with E-state index in [2.05, 4.69) is 44.7 Å². The van der Waals surface area contributed by atoms with Crippen molar-refractivity contribution in [3.63, 3.8) is 0 Å². The van der Waals surface area contributed by atoms with Gasteiger partial charge in [0.1, 0.15) is 5.60 Å². The highest BCUT2D eigenvalue weighted by Gasteiger charge is 2.47. The van der Waals surface area contributed by atoms with Gasteiger partial charge in [0.05, 0.1) is 6.54 Å². The third kappa shape index (κ3) is 5.08. The third-order valence-corrected chi connectivity index (χ3v) is 5.34. The molecule has 0 saturated carbocycles. The molecule has 2 aliphatic heterocycles. The van der Waals surface area contributed by atoms with Crippen molar-refractivity contribution >= 4 is 6.09 Å². The van der Waals surface area contributed by atoms with Gasteiger partial charge in [0.25, 0.3) is 0 Å². The van der Waals surface area contributed by atoms with Crippen LogP contribution in [-0.4, -0.2) is 79.3 Å². The molecular weight excluding hydrogens is 290 g/mol. The SMILES string of the molecule is CC(C)CCN1CC2(CCN([C@@H](C)CCN(C)C)CC2)OC1=O. The summed E-state index contributed by atoms with van der Waals surface area (Å²) >= 11 is 0. The minimum atomic E-state index is -0.216. The van der Waals surface area contributed by atoms with Crippen molar-refractivity contribution in [3.05, 3.63) is 0 Å². The summed E-state index contributed by atoms with van der Waals surface area (Å²) in [5, 5.41) is 0. The van der Waals surface area contributed by atoms with Crippen LogP contribution in [0.3, 0.4) is 0 Å². The van der Waals surface area contributed by atoms with Crippen molar-refractivity contribution in [1.29, 1.82) is 0 Å². The summed E-state index contributed by atoms with van der Waals surface area (Å²) in [4.78, 5) is 18.9. The van der Waals surface area contributed by atoms with Crippen molar-refractivity contribution in [1.82, 2.24) is 14.7 Å². The molecule has 0 N–H and O–H groups in total. The molecule has 23 heavy (non-hydrogen) atoms. The zero-order valence-corrected chi connectivity index (χ0v) is 15.7. The first-order valence-corrected chi connectivity index (χ1v) is 9.18. The minimum absolute atomic E-state index is 0.0974. The van der Waals surface area contributed by atoms with E-state index in [-0.39, 0.29) is 11.7 Å². The molecule has 0 aromatic rings. The van der Waals surface area contributed by atoms with E-state index < -0.39 is 0 Å². The second kappa shape index (κ2) is 7.84. The summed E-state index contributed by atoms with van der Waals surface area (Å²) in [6, 6.07) is 0.601. The maximum Gasteiger partial charge on any atom is 0.410 e. The minimum Gasteiger partial charge on any atom is -0.441 e. The van der Waals surface area contributed by atoms with Crippen LogP contribution < -0.4 is 0 Å². The van der Waals surface area contributed by atoms with E-state index in [1.54, 1.807) is 0 Å². The standard InChI is InChI=1S/C18H35N3O2/c1-15(2)6-11-21-14-18(23-17(21)22)8-12-20(13-9-18)16(3)7-10-19(4)5/h15-16H,6-14H2,1-5H3/t16-/m0/s1. The van der Waals surface area contributed by atoms with E-state index >= 15 is 0 Å². The van der Waals surface area contributed by atoms with Crippen LogP contribution in [0.5, 0.6) is 0 Å². The average Bonchev–Trinajstić information content (AvgIpc) is 2.79. The van der Waals surface area contributed by atoms with Gasteiger partial charge in [-0.05, 0) is 46.3 Å². The van der Waals surface area contributed by atoms with Crippen molar-refractivity contribution in [2.75, 3.05) is 46.8 Å². The van der Waals surface area contributed by atoms with E-state index in [0.29, 0.717) is 12.0 Å². The predicted molar refractivity (Wildman–Crippen MR) is 93.7 cm³/mol. The van der Waals surface area contributed by atoms with Gasteiger partial charge in [-0.25, -0.2) is 4.79 Å². The summed E-state index contributed by atoms with van der Waals surface area (Å²) in [6.07, 6.45) is 4.10. The molecule has 2 saturated heterocycles. The molecule has 0 unspecified atom stereocenters. The molecular formula is C18H35N3O2. The molecule has 2 rings (SSSR count). The van der Waals surface area contributed by atoms with E-state index in [4.69, 9.17) is 4.74 Å². The Balaban J connectivity index is 1.80.